The molecule has 0 spiro atoms. The van der Waals surface area contributed by atoms with Gasteiger partial charge in [-0.1, -0.05) is 13.8 Å². The molecule has 3 fully saturated rings. The molecule has 3 saturated heterocycles. The lowest BCUT2D eigenvalue weighted by Crippen LogP contribution is -2.52. The standard InChI is InChI=1S/C10H19N/c1-3-10(2)8-11-6-4-9(10)5-7-11/h9H,3-8H2,1-2H3. The first-order valence-corrected chi connectivity index (χ1v) is 4.97. The van der Waals surface area contributed by atoms with Gasteiger partial charge < -0.3 is 4.90 Å². The van der Waals surface area contributed by atoms with Crippen molar-refractivity contribution >= 4 is 0 Å². The van der Waals surface area contributed by atoms with Crippen molar-refractivity contribution in [3.8, 4) is 0 Å². The van der Waals surface area contributed by atoms with Crippen LogP contribution >= 0.6 is 0 Å². The minimum atomic E-state index is 0.663. The fourth-order valence-electron chi connectivity index (χ4n) is 2.83. The van der Waals surface area contributed by atoms with Crippen molar-refractivity contribution in [2.75, 3.05) is 19.6 Å². The average molecular weight is 153 g/mol. The van der Waals surface area contributed by atoms with E-state index in [1.54, 1.807) is 0 Å². The fourth-order valence-corrected chi connectivity index (χ4v) is 2.83. The molecular weight excluding hydrogens is 134 g/mol. The molecule has 0 aromatic heterocycles. The van der Waals surface area contributed by atoms with Crippen LogP contribution in [-0.4, -0.2) is 24.5 Å². The molecule has 3 rings (SSSR count). The predicted octanol–water partition coefficient (Wildman–Crippen LogP) is 2.13. The van der Waals surface area contributed by atoms with Crippen molar-refractivity contribution in [2.24, 2.45) is 11.3 Å². The first-order valence-electron chi connectivity index (χ1n) is 4.97. The zero-order valence-electron chi connectivity index (χ0n) is 7.77. The monoisotopic (exact) mass is 153 g/mol. The van der Waals surface area contributed by atoms with E-state index in [4.69, 9.17) is 0 Å². The van der Waals surface area contributed by atoms with Crippen LogP contribution in [0, 0.1) is 11.3 Å². The van der Waals surface area contributed by atoms with Crippen LogP contribution in [-0.2, 0) is 0 Å². The van der Waals surface area contributed by atoms with Crippen molar-refractivity contribution in [3.05, 3.63) is 0 Å². The molecule has 3 heterocycles. The highest BCUT2D eigenvalue weighted by Gasteiger charge is 2.41. The van der Waals surface area contributed by atoms with Crippen LogP contribution in [0.5, 0.6) is 0 Å². The van der Waals surface area contributed by atoms with Gasteiger partial charge in [-0.05, 0) is 43.7 Å². The molecule has 11 heavy (non-hydrogen) atoms. The van der Waals surface area contributed by atoms with Gasteiger partial charge in [-0.15, -0.1) is 0 Å². The van der Waals surface area contributed by atoms with Gasteiger partial charge in [0.15, 0.2) is 0 Å². The highest BCUT2D eigenvalue weighted by Crippen LogP contribution is 2.43. The minimum Gasteiger partial charge on any atom is -0.303 e. The van der Waals surface area contributed by atoms with Crippen molar-refractivity contribution < 1.29 is 0 Å². The normalized spacial score (nSPS) is 49.6. The maximum absolute atomic E-state index is 2.64. The third-order valence-corrected chi connectivity index (χ3v) is 3.97. The second kappa shape index (κ2) is 2.48. The molecule has 0 aliphatic carbocycles. The first-order chi connectivity index (χ1) is 5.24. The van der Waals surface area contributed by atoms with Crippen molar-refractivity contribution in [2.45, 2.75) is 33.1 Å². The maximum Gasteiger partial charge on any atom is 0.00379 e. The highest BCUT2D eigenvalue weighted by molar-refractivity contribution is 4.93. The Balaban J connectivity index is 2.13. The second-order valence-corrected chi connectivity index (χ2v) is 4.56. The van der Waals surface area contributed by atoms with Gasteiger partial charge in [-0.2, -0.15) is 0 Å². The van der Waals surface area contributed by atoms with E-state index in [1.165, 1.54) is 38.9 Å². The SMILES string of the molecule is CCC1(C)CN2CCC1CC2. The lowest BCUT2D eigenvalue weighted by Gasteiger charge is -2.51. The largest absolute Gasteiger partial charge is 0.303 e. The van der Waals surface area contributed by atoms with Crippen LogP contribution in [0.1, 0.15) is 33.1 Å². The maximum atomic E-state index is 2.64. The van der Waals surface area contributed by atoms with Crippen LogP contribution in [0.4, 0.5) is 0 Å². The summed E-state index contributed by atoms with van der Waals surface area (Å²) >= 11 is 0. The third-order valence-electron chi connectivity index (χ3n) is 3.97. The molecule has 0 N–H and O–H groups in total. The molecule has 3 aliphatic rings. The Morgan fingerprint density at radius 1 is 1.36 bits per heavy atom. The lowest BCUT2D eigenvalue weighted by atomic mass is 9.66. The zero-order chi connectivity index (χ0) is 7.90. The van der Waals surface area contributed by atoms with E-state index in [-0.39, 0.29) is 0 Å². The molecule has 64 valence electrons. The summed E-state index contributed by atoms with van der Waals surface area (Å²) < 4.78 is 0. The Hall–Kier alpha value is -0.0400. The van der Waals surface area contributed by atoms with Crippen LogP contribution in [0.2, 0.25) is 0 Å². The zero-order valence-corrected chi connectivity index (χ0v) is 7.77. The molecule has 2 bridgehead atoms. The van der Waals surface area contributed by atoms with E-state index >= 15 is 0 Å². The van der Waals surface area contributed by atoms with E-state index in [0.29, 0.717) is 5.41 Å². The van der Waals surface area contributed by atoms with Gasteiger partial charge >= 0.3 is 0 Å². The van der Waals surface area contributed by atoms with Crippen molar-refractivity contribution in [1.82, 2.24) is 4.90 Å². The Bertz CT molecular complexity index is 147. The van der Waals surface area contributed by atoms with Gasteiger partial charge in [0, 0.05) is 6.54 Å². The Kier molecular flexibility index (Phi) is 1.71. The first kappa shape index (κ1) is 7.60. The van der Waals surface area contributed by atoms with E-state index in [1.807, 2.05) is 0 Å². The van der Waals surface area contributed by atoms with Crippen molar-refractivity contribution in [1.29, 1.82) is 0 Å². The number of nitrogens with zero attached hydrogens (tertiary/aromatic N) is 1. The molecule has 0 radical (unpaired) electrons. The number of piperidine rings is 3. The molecule has 1 unspecified atom stereocenters. The number of fused-ring (bicyclic) bond motifs is 3. The van der Waals surface area contributed by atoms with Gasteiger partial charge in [0.05, 0.1) is 0 Å². The van der Waals surface area contributed by atoms with Crippen LogP contribution < -0.4 is 0 Å². The summed E-state index contributed by atoms with van der Waals surface area (Å²) in [5.41, 5.74) is 0.663. The van der Waals surface area contributed by atoms with E-state index < -0.39 is 0 Å². The van der Waals surface area contributed by atoms with E-state index in [9.17, 15) is 0 Å². The Labute approximate surface area is 69.8 Å². The van der Waals surface area contributed by atoms with Crippen LogP contribution in [0.25, 0.3) is 0 Å². The summed E-state index contributed by atoms with van der Waals surface area (Å²) in [5, 5.41) is 0. The second-order valence-electron chi connectivity index (χ2n) is 4.56. The van der Waals surface area contributed by atoms with Crippen LogP contribution in [0.15, 0.2) is 0 Å². The number of hydrogen-bond donors (Lipinski definition) is 0. The third kappa shape index (κ3) is 1.10. The van der Waals surface area contributed by atoms with Gasteiger partial charge in [0.1, 0.15) is 0 Å². The quantitative estimate of drug-likeness (QED) is 0.558. The molecule has 0 aromatic carbocycles. The number of rotatable bonds is 1. The molecule has 3 aliphatic heterocycles. The van der Waals surface area contributed by atoms with Gasteiger partial charge in [-0.3, -0.25) is 0 Å². The molecule has 1 nitrogen and oxygen atoms in total. The summed E-state index contributed by atoms with van der Waals surface area (Å²) in [6.07, 6.45) is 4.29. The van der Waals surface area contributed by atoms with Gasteiger partial charge in [0.2, 0.25) is 0 Å². The average Bonchev–Trinajstić information content (AvgIpc) is 2.06. The highest BCUT2D eigenvalue weighted by atomic mass is 15.2. The Morgan fingerprint density at radius 3 is 2.27 bits per heavy atom. The molecular formula is C10H19N. The molecule has 0 amide bonds. The molecule has 0 saturated carbocycles. The van der Waals surface area contributed by atoms with Crippen molar-refractivity contribution in [3.63, 3.8) is 0 Å². The molecule has 0 aromatic rings. The topological polar surface area (TPSA) is 3.24 Å². The predicted molar refractivity (Wildman–Crippen MR) is 47.6 cm³/mol. The van der Waals surface area contributed by atoms with E-state index in [0.717, 1.165) is 5.92 Å². The minimum absolute atomic E-state index is 0.663. The summed E-state index contributed by atoms with van der Waals surface area (Å²) in [4.78, 5) is 2.64. The fraction of sp³-hybridized carbons (Fsp3) is 1.00. The van der Waals surface area contributed by atoms with Crippen LogP contribution in [0.3, 0.4) is 0 Å². The van der Waals surface area contributed by atoms with Gasteiger partial charge in [-0.25, -0.2) is 0 Å². The van der Waals surface area contributed by atoms with E-state index in [2.05, 4.69) is 18.7 Å². The summed E-state index contributed by atoms with van der Waals surface area (Å²) in [5.74, 6) is 1.04. The summed E-state index contributed by atoms with van der Waals surface area (Å²) in [7, 11) is 0. The summed E-state index contributed by atoms with van der Waals surface area (Å²) in [6, 6.07) is 0. The number of hydrogen-bond acceptors (Lipinski definition) is 1. The molecule has 1 atom stereocenters. The summed E-state index contributed by atoms with van der Waals surface area (Å²) in [6.45, 7) is 8.94. The molecule has 1 heteroatoms. The smallest absolute Gasteiger partial charge is 0.00379 e. The Morgan fingerprint density at radius 2 is 2.00 bits per heavy atom. The van der Waals surface area contributed by atoms with Gasteiger partial charge in [0.25, 0.3) is 0 Å². The lowest BCUT2D eigenvalue weighted by molar-refractivity contribution is -0.0190.